The van der Waals surface area contributed by atoms with Gasteiger partial charge in [0, 0.05) is 0 Å². The van der Waals surface area contributed by atoms with Crippen molar-refractivity contribution in [2.24, 2.45) is 0 Å². The Morgan fingerprint density at radius 1 is 0.200 bits per heavy atom. The molecule has 40 atom stereocenters. The third-order valence-electron chi connectivity index (χ3n) is 17.1. The molecule has 90 heavy (non-hydrogen) atoms. The zero-order chi connectivity index (χ0) is 65.6. The van der Waals surface area contributed by atoms with Crippen LogP contribution in [-0.4, -0.2) is 420 Å². The van der Waals surface area contributed by atoms with Gasteiger partial charge in [-0.2, -0.15) is 0 Å². The molecule has 30 fully saturated rings. The average molecular weight is 1330 g/mol. The van der Waals surface area contributed by atoms with Gasteiger partial charge in [-0.05, 0) is 0 Å². The highest BCUT2D eigenvalue weighted by Gasteiger charge is 2.60. The van der Waals surface area contributed by atoms with E-state index in [9.17, 15) is 127 Å². The number of hydrogen-bond acceptors (Lipinski definition) is 40. The van der Waals surface area contributed by atoms with E-state index < -0.39 is 304 Å². The molecule has 0 aromatic carbocycles. The molecule has 0 unspecified atom stereocenters. The van der Waals surface area contributed by atoms with Crippen LogP contribution in [0.15, 0.2) is 0 Å². The molecule has 0 aromatic heterocycles. The van der Waals surface area contributed by atoms with Gasteiger partial charge in [-0.3, -0.25) is 4.79 Å². The molecule has 0 aromatic rings. The van der Waals surface area contributed by atoms with Gasteiger partial charge in [-0.15, -0.1) is 0 Å². The van der Waals surface area contributed by atoms with Crippen molar-refractivity contribution in [3.63, 3.8) is 0 Å². The molecule has 16 bridgehead atoms. The monoisotopic (exact) mass is 1320 g/mol. The first-order chi connectivity index (χ1) is 42.7. The Bertz CT molecular complexity index is 2230. The lowest BCUT2D eigenvalue weighted by molar-refractivity contribution is -0.403. The molecule has 24 N–H and O–H groups in total. The number of aliphatic hydroxyl groups excluding tert-OH is 23. The van der Waals surface area contributed by atoms with Crippen molar-refractivity contribution in [3.05, 3.63) is 0 Å². The van der Waals surface area contributed by atoms with Crippen molar-refractivity contribution in [1.29, 1.82) is 0 Å². The third kappa shape index (κ3) is 14.3. The quantitative estimate of drug-likeness (QED) is 0.102. The first kappa shape index (κ1) is 72.2. The van der Waals surface area contributed by atoms with Gasteiger partial charge < -0.3 is 198 Å². The van der Waals surface area contributed by atoms with Crippen LogP contribution < -0.4 is 0 Å². The standard InChI is InChI=1S/C49H80O41/c50-2-10-35-20(61)28(69)44(77-10)86-37-12(4-52)79-46(30(71)22(37)63)88-39-14(6-54)81-48(32(73)24(39)65)90-41-16(8-56)82-49(33(74)25(41)66)89-40-15(7-55)80-47(31(72)23(40)64)87-38-13(5-53)78-45(29(70)21(38)62)85-36-11(3-51)76-43(27(68)19(36)60)83-34-9(1-17(57)58)75-42(84-35)26(67)18(34)59/h9-16,18-56,59-74H,1-8H2,(H,57,58)/t9-,10-,11-,12-,13-,14-,15-,16-,18-,19-,20+,21-,22+,23-,24-,25+,26-,27-,28+,29-,30+,31-,32-,33+,34-,35-,36-,37-,38-,39-,40-,41-,42-,43-,44-,45-,46-,47-,48-,49-/m1/s1. The minimum Gasteiger partial charge on any atom is -0.481 e. The number of carboxylic acids is 1. The van der Waals surface area contributed by atoms with E-state index >= 15 is 0 Å². The Kier molecular flexibility index (Phi) is 24.5. The predicted molar refractivity (Wildman–Crippen MR) is 266 cm³/mol. The maximum absolute atomic E-state index is 12.2. The number of carbonyl (C=O) groups is 1. The smallest absolute Gasteiger partial charge is 0.306 e. The summed E-state index contributed by atoms with van der Waals surface area (Å²) in [5.74, 6) is -1.65. The van der Waals surface area contributed by atoms with Crippen LogP contribution >= 0.6 is 0 Å². The van der Waals surface area contributed by atoms with Crippen LogP contribution in [0.2, 0.25) is 0 Å². The fourth-order valence-corrected chi connectivity index (χ4v) is 12.1. The molecule has 0 amide bonds. The topological polar surface area (TPSA) is 650 Å². The number of aliphatic carboxylic acids is 1. The summed E-state index contributed by atoms with van der Waals surface area (Å²) in [7, 11) is 0. The molecular formula is C49H80O41. The van der Waals surface area contributed by atoms with E-state index in [0.29, 0.717) is 0 Å². The number of ether oxygens (including phenoxy) is 16. The molecule has 522 valence electrons. The molecule has 41 heteroatoms. The summed E-state index contributed by atoms with van der Waals surface area (Å²) in [6, 6.07) is 0. The lowest BCUT2D eigenvalue weighted by Gasteiger charge is -2.50. The molecule has 0 spiro atoms. The van der Waals surface area contributed by atoms with Gasteiger partial charge in [0.15, 0.2) is 50.3 Å². The third-order valence-corrected chi connectivity index (χ3v) is 17.1. The van der Waals surface area contributed by atoms with E-state index in [1.807, 2.05) is 0 Å². The predicted octanol–water partition coefficient (Wildman–Crippen LogP) is -16.9. The first-order valence-corrected chi connectivity index (χ1v) is 28.6. The van der Waals surface area contributed by atoms with Crippen molar-refractivity contribution in [2.45, 2.75) is 252 Å². The summed E-state index contributed by atoms with van der Waals surface area (Å²) in [5.41, 5.74) is 0. The number of aliphatic hydroxyl groups is 23. The molecule has 30 rings (SSSR count). The Labute approximate surface area is 506 Å². The van der Waals surface area contributed by atoms with E-state index in [2.05, 4.69) is 0 Å². The summed E-state index contributed by atoms with van der Waals surface area (Å²) in [6.45, 7) is -7.73. The highest BCUT2D eigenvalue weighted by atomic mass is 16.8. The molecule has 0 aliphatic carbocycles. The summed E-state index contributed by atoms with van der Waals surface area (Å²) in [6.07, 6.45) is -84.8. The second kappa shape index (κ2) is 30.5. The highest BCUT2D eigenvalue weighted by molar-refractivity contribution is 5.67. The van der Waals surface area contributed by atoms with E-state index in [1.54, 1.807) is 0 Å². The van der Waals surface area contributed by atoms with Crippen LogP contribution in [0.5, 0.6) is 0 Å². The minimum absolute atomic E-state index is 1.09. The number of hydrogen-bond donors (Lipinski definition) is 24. The molecule has 0 radical (unpaired) electrons. The van der Waals surface area contributed by atoms with E-state index in [4.69, 9.17) is 75.8 Å². The molecule has 0 saturated carbocycles. The second-order valence-electron chi connectivity index (χ2n) is 22.9. The average Bonchev–Trinajstić information content (AvgIpc) is 0.912. The Hall–Kier alpha value is -2.09. The lowest BCUT2D eigenvalue weighted by atomic mass is 9.94. The van der Waals surface area contributed by atoms with Crippen LogP contribution in [0.4, 0.5) is 0 Å². The Balaban J connectivity index is 0.986. The lowest BCUT2D eigenvalue weighted by Crippen LogP contribution is -2.69. The molecule has 30 heterocycles. The second-order valence-corrected chi connectivity index (χ2v) is 22.9. The van der Waals surface area contributed by atoms with Crippen molar-refractivity contribution in [2.75, 3.05) is 46.2 Å². The Morgan fingerprint density at radius 3 is 0.444 bits per heavy atom. The SMILES string of the molecule is O=C(O)C[C@H]1O[C@@H]2O[C@H]3[C@@H](O)[C@H](O)[C@@H](O[C@H]4[C@@H](O)[C@H](O)[C@@H](O[C@H]5[C@H](O)[C@@H](O)[C@@H](O[C@H]6[C@@H](O)[C@H](O)[C@@H](O[C@H]7[C@H](O)[C@@H](O)[C@@H](O[C@H]8[C@H](O)[C@@H](O)[C@@H](O[C@H]9[C@H](O)[C@@H](O)[C@@H](O[C@H]1[C@H](O)[C@H]2O)O[C@@H]9CO)O[C@@H]8CO)O[C@@H]7CO)O[C@@H]6CO)O[C@@H]5CO)O[C@@H]4CO)O[C@@H]3CO. The van der Waals surface area contributed by atoms with Gasteiger partial charge in [0.25, 0.3) is 0 Å². The maximum Gasteiger partial charge on any atom is 0.306 e. The van der Waals surface area contributed by atoms with E-state index in [1.165, 1.54) is 0 Å². The van der Waals surface area contributed by atoms with Crippen LogP contribution in [-0.2, 0) is 80.6 Å². The molecule has 30 aliphatic rings. The fourth-order valence-electron chi connectivity index (χ4n) is 12.1. The van der Waals surface area contributed by atoms with Gasteiger partial charge in [0.1, 0.15) is 195 Å². The van der Waals surface area contributed by atoms with E-state index in [-0.39, 0.29) is 0 Å². The van der Waals surface area contributed by atoms with Crippen molar-refractivity contribution < 1.29 is 203 Å². The van der Waals surface area contributed by atoms with Crippen molar-refractivity contribution in [3.8, 4) is 0 Å². The summed E-state index contributed by atoms with van der Waals surface area (Å²) in [4.78, 5) is 12.2. The van der Waals surface area contributed by atoms with Crippen LogP contribution in [0.1, 0.15) is 6.42 Å². The first-order valence-electron chi connectivity index (χ1n) is 28.6. The van der Waals surface area contributed by atoms with E-state index in [0.717, 1.165) is 0 Å². The number of carboxylic acid groups (broad SMARTS) is 1. The molecule has 30 saturated heterocycles. The molecular weight excluding hydrogens is 1240 g/mol. The van der Waals surface area contributed by atoms with Crippen LogP contribution in [0.25, 0.3) is 0 Å². The highest BCUT2D eigenvalue weighted by Crippen LogP contribution is 2.40. The summed E-state index contributed by atoms with van der Waals surface area (Å²) < 4.78 is 91.0. The normalized spacial score (nSPS) is 54.3. The molecule has 30 aliphatic heterocycles. The van der Waals surface area contributed by atoms with Gasteiger partial charge >= 0.3 is 5.97 Å². The number of rotatable bonds is 9. The van der Waals surface area contributed by atoms with Crippen molar-refractivity contribution in [1.82, 2.24) is 0 Å². The van der Waals surface area contributed by atoms with Crippen LogP contribution in [0.3, 0.4) is 0 Å². The summed E-state index contributed by atoms with van der Waals surface area (Å²) >= 11 is 0. The van der Waals surface area contributed by atoms with Crippen LogP contribution in [0, 0.1) is 0 Å². The van der Waals surface area contributed by atoms with Gasteiger partial charge in [0.2, 0.25) is 0 Å². The zero-order valence-electron chi connectivity index (χ0n) is 46.9. The van der Waals surface area contributed by atoms with Gasteiger partial charge in [-0.1, -0.05) is 0 Å². The summed E-state index contributed by atoms with van der Waals surface area (Å²) in [5, 5.41) is 265. The maximum atomic E-state index is 12.2. The largest absolute Gasteiger partial charge is 0.481 e. The Morgan fingerprint density at radius 2 is 0.322 bits per heavy atom. The zero-order valence-corrected chi connectivity index (χ0v) is 46.9. The fraction of sp³-hybridized carbons (Fsp3) is 0.980. The van der Waals surface area contributed by atoms with Gasteiger partial charge in [-0.25, -0.2) is 0 Å². The molecule has 41 nitrogen and oxygen atoms in total. The minimum atomic E-state index is -2.34. The van der Waals surface area contributed by atoms with Gasteiger partial charge in [0.05, 0.1) is 52.7 Å². The van der Waals surface area contributed by atoms with Crippen molar-refractivity contribution >= 4 is 5.97 Å².